The van der Waals surface area contributed by atoms with Crippen LogP contribution in [0.25, 0.3) is 17.3 Å². The molecule has 224 valence electrons. The van der Waals surface area contributed by atoms with Gasteiger partial charge in [-0.1, -0.05) is 84.4 Å². The summed E-state index contributed by atoms with van der Waals surface area (Å²) < 4.78 is 2.11. The number of benzene rings is 3. The molecule has 0 unspecified atom stereocenters. The van der Waals surface area contributed by atoms with Crippen molar-refractivity contribution in [1.82, 2.24) is 19.4 Å². The van der Waals surface area contributed by atoms with Gasteiger partial charge >= 0.3 is 0 Å². The number of amides is 1. The molecule has 5 aromatic rings. The molecule has 3 heterocycles. The quantitative estimate of drug-likeness (QED) is 0.272. The second kappa shape index (κ2) is 13.4. The van der Waals surface area contributed by atoms with Crippen molar-refractivity contribution in [1.29, 1.82) is 5.26 Å². The Hall–Kier alpha value is -4.81. The van der Waals surface area contributed by atoms with E-state index in [1.807, 2.05) is 49.4 Å². The number of rotatable bonds is 6. The third-order valence-electron chi connectivity index (χ3n) is 8.02. The highest BCUT2D eigenvalue weighted by Gasteiger charge is 2.30. The standard InChI is InChI=1S/C36H30ClN5O2S/c1-25-30(37)15-8-16-31(25)42-35(44)32(22-26-10-9-17-39-24-26)45-36(42)29(23-38)34(43)41-20-18-40(19-21-41)33(27-11-4-2-5-12-27)28-13-6-3-7-14-28/h2-17,22,24,33H,18-21H2,1H3. The first-order valence-corrected chi connectivity index (χ1v) is 15.8. The van der Waals surface area contributed by atoms with Crippen molar-refractivity contribution < 1.29 is 4.79 Å². The lowest BCUT2D eigenvalue weighted by Gasteiger charge is -2.39. The molecular weight excluding hydrogens is 602 g/mol. The molecule has 0 bridgehead atoms. The molecule has 6 rings (SSSR count). The fourth-order valence-electron chi connectivity index (χ4n) is 5.73. The van der Waals surface area contributed by atoms with Crippen LogP contribution in [0.15, 0.2) is 108 Å². The van der Waals surface area contributed by atoms with Gasteiger partial charge in [0.25, 0.3) is 11.5 Å². The molecule has 1 amide bonds. The van der Waals surface area contributed by atoms with Gasteiger partial charge < -0.3 is 4.90 Å². The highest BCUT2D eigenvalue weighted by atomic mass is 35.5. The summed E-state index contributed by atoms with van der Waals surface area (Å²) in [6.45, 7) is 3.97. The number of carbonyl (C=O) groups is 1. The lowest BCUT2D eigenvalue weighted by Crippen LogP contribution is -2.50. The number of hydrogen-bond donors (Lipinski definition) is 0. The van der Waals surface area contributed by atoms with E-state index in [4.69, 9.17) is 11.6 Å². The van der Waals surface area contributed by atoms with Crippen LogP contribution in [0.3, 0.4) is 0 Å². The third kappa shape index (κ3) is 6.24. The first-order chi connectivity index (χ1) is 22.0. The Bertz CT molecular complexity index is 2010. The van der Waals surface area contributed by atoms with Crippen molar-refractivity contribution in [2.45, 2.75) is 13.0 Å². The van der Waals surface area contributed by atoms with Crippen LogP contribution in [0.4, 0.5) is 0 Å². The maximum Gasteiger partial charge on any atom is 0.273 e. The topological polar surface area (TPSA) is 82.2 Å². The lowest BCUT2D eigenvalue weighted by atomic mass is 9.96. The fraction of sp³-hybridized carbons (Fsp3) is 0.167. The number of thiazole rings is 1. The van der Waals surface area contributed by atoms with Gasteiger partial charge in [-0.2, -0.15) is 5.26 Å². The summed E-state index contributed by atoms with van der Waals surface area (Å²) in [7, 11) is 0. The molecule has 1 saturated heterocycles. The Balaban J connectivity index is 1.38. The second-order valence-corrected chi connectivity index (χ2v) is 12.2. The fourth-order valence-corrected chi connectivity index (χ4v) is 6.99. The minimum Gasteiger partial charge on any atom is -0.335 e. The maximum atomic E-state index is 14.1. The Morgan fingerprint density at radius 3 is 2.20 bits per heavy atom. The minimum absolute atomic E-state index is 0.0444. The van der Waals surface area contributed by atoms with Crippen LogP contribution >= 0.6 is 22.9 Å². The largest absolute Gasteiger partial charge is 0.335 e. The molecule has 0 spiro atoms. The molecular formula is C36H30ClN5O2S. The van der Waals surface area contributed by atoms with Crippen LogP contribution < -0.4 is 14.8 Å². The number of aromatic nitrogens is 2. The monoisotopic (exact) mass is 631 g/mol. The predicted molar refractivity (Wildman–Crippen MR) is 179 cm³/mol. The van der Waals surface area contributed by atoms with Crippen LogP contribution in [-0.2, 0) is 4.79 Å². The minimum atomic E-state index is -0.393. The van der Waals surface area contributed by atoms with E-state index in [-0.39, 0.29) is 21.8 Å². The molecule has 0 radical (unpaired) electrons. The summed E-state index contributed by atoms with van der Waals surface area (Å²) in [6.07, 6.45) is 5.05. The van der Waals surface area contributed by atoms with E-state index in [0.717, 1.165) is 16.9 Å². The highest BCUT2D eigenvalue weighted by molar-refractivity contribution is 7.07. The van der Waals surface area contributed by atoms with Crippen LogP contribution in [0.5, 0.6) is 0 Å². The van der Waals surface area contributed by atoms with Crippen molar-refractivity contribution >= 4 is 40.5 Å². The van der Waals surface area contributed by atoms with E-state index in [0.29, 0.717) is 47.0 Å². The zero-order valence-electron chi connectivity index (χ0n) is 24.6. The third-order valence-corrected chi connectivity index (χ3v) is 9.52. The van der Waals surface area contributed by atoms with Crippen LogP contribution in [0.2, 0.25) is 5.02 Å². The zero-order valence-corrected chi connectivity index (χ0v) is 26.2. The van der Waals surface area contributed by atoms with Gasteiger partial charge in [0.2, 0.25) is 0 Å². The van der Waals surface area contributed by atoms with E-state index < -0.39 is 5.91 Å². The lowest BCUT2D eigenvalue weighted by molar-refractivity contribution is -0.126. The van der Waals surface area contributed by atoms with E-state index in [1.165, 1.54) is 15.7 Å². The summed E-state index contributed by atoms with van der Waals surface area (Å²) in [6, 6.07) is 31.8. The van der Waals surface area contributed by atoms with Gasteiger partial charge in [0.15, 0.2) is 5.57 Å². The van der Waals surface area contributed by atoms with Crippen molar-refractivity contribution in [2.24, 2.45) is 0 Å². The Kier molecular flexibility index (Phi) is 9.03. The molecule has 0 N–H and O–H groups in total. The molecule has 1 aliphatic rings. The van der Waals surface area contributed by atoms with E-state index in [9.17, 15) is 14.9 Å². The predicted octanol–water partition coefficient (Wildman–Crippen LogP) is 4.69. The number of pyridine rings is 1. The van der Waals surface area contributed by atoms with Gasteiger partial charge in [0.05, 0.1) is 16.3 Å². The summed E-state index contributed by atoms with van der Waals surface area (Å²) in [5.41, 5.74) is 3.92. The number of halogens is 1. The smallest absolute Gasteiger partial charge is 0.273 e. The van der Waals surface area contributed by atoms with E-state index >= 15 is 0 Å². The number of piperazine rings is 1. The highest BCUT2D eigenvalue weighted by Crippen LogP contribution is 2.29. The van der Waals surface area contributed by atoms with Gasteiger partial charge in [-0.05, 0) is 53.5 Å². The molecule has 3 aromatic carbocycles. The second-order valence-electron chi connectivity index (χ2n) is 10.8. The van der Waals surface area contributed by atoms with Gasteiger partial charge in [-0.3, -0.25) is 24.0 Å². The molecule has 2 aromatic heterocycles. The summed E-state index contributed by atoms with van der Waals surface area (Å²) in [4.78, 5) is 36.2. The summed E-state index contributed by atoms with van der Waals surface area (Å²) >= 11 is 7.57. The van der Waals surface area contributed by atoms with Crippen LogP contribution in [-0.4, -0.2) is 51.4 Å². The first kappa shape index (κ1) is 30.2. The molecule has 7 nitrogen and oxygen atoms in total. The zero-order chi connectivity index (χ0) is 31.3. The van der Waals surface area contributed by atoms with Crippen molar-refractivity contribution in [2.75, 3.05) is 26.2 Å². The molecule has 0 saturated carbocycles. The summed E-state index contributed by atoms with van der Waals surface area (Å²) in [5.74, 6) is -0.393. The van der Waals surface area contributed by atoms with Gasteiger partial charge in [-0.15, -0.1) is 11.3 Å². The first-order valence-electron chi connectivity index (χ1n) is 14.6. The average Bonchev–Trinajstić information content (AvgIpc) is 3.39. The van der Waals surface area contributed by atoms with Gasteiger partial charge in [0, 0.05) is 43.6 Å². The average molecular weight is 632 g/mol. The molecule has 0 aliphatic carbocycles. The molecule has 45 heavy (non-hydrogen) atoms. The van der Waals surface area contributed by atoms with E-state index in [1.54, 1.807) is 47.6 Å². The Labute approximate surface area is 270 Å². The number of hydrogen-bond acceptors (Lipinski definition) is 6. The Morgan fingerprint density at radius 2 is 1.60 bits per heavy atom. The maximum absolute atomic E-state index is 14.1. The normalized spacial score (nSPS) is 14.8. The van der Waals surface area contributed by atoms with Crippen LogP contribution in [0.1, 0.15) is 28.3 Å². The summed E-state index contributed by atoms with van der Waals surface area (Å²) in [5, 5.41) is 10.9. The van der Waals surface area contributed by atoms with Gasteiger partial charge in [-0.25, -0.2) is 0 Å². The SMILES string of the molecule is Cc1c(Cl)cccc1-n1c(=C(C#N)C(=O)N2CCN(C(c3ccccc3)c3ccccc3)CC2)sc(=Cc2cccnc2)c1=O. The molecule has 9 heteroatoms. The van der Waals surface area contributed by atoms with Crippen molar-refractivity contribution in [3.05, 3.63) is 150 Å². The Morgan fingerprint density at radius 1 is 0.933 bits per heavy atom. The van der Waals surface area contributed by atoms with Crippen molar-refractivity contribution in [3.8, 4) is 11.8 Å². The number of nitrogens with zero attached hydrogens (tertiary/aromatic N) is 5. The number of nitriles is 1. The van der Waals surface area contributed by atoms with Crippen LogP contribution in [0, 0.1) is 18.3 Å². The van der Waals surface area contributed by atoms with E-state index in [2.05, 4.69) is 40.2 Å². The number of carbonyl (C=O) groups excluding carboxylic acids is 1. The molecule has 1 aliphatic heterocycles. The van der Waals surface area contributed by atoms with Crippen molar-refractivity contribution in [3.63, 3.8) is 0 Å². The molecule has 0 atom stereocenters. The molecule has 1 fully saturated rings. The van der Waals surface area contributed by atoms with Gasteiger partial charge in [0.1, 0.15) is 10.7 Å².